The van der Waals surface area contributed by atoms with E-state index in [-0.39, 0.29) is 11.9 Å². The first kappa shape index (κ1) is 17.1. The second-order valence-corrected chi connectivity index (χ2v) is 6.25. The van der Waals surface area contributed by atoms with Crippen LogP contribution in [0.1, 0.15) is 24.3 Å². The van der Waals surface area contributed by atoms with Crippen LogP contribution in [0.2, 0.25) is 0 Å². The van der Waals surface area contributed by atoms with E-state index in [0.29, 0.717) is 5.88 Å². The van der Waals surface area contributed by atoms with E-state index in [2.05, 4.69) is 32.3 Å². The molecule has 4 aromatic rings. The SMILES string of the molecule is COc1ncc(-c2ccc3c(C(C)Cc4ccco4)nccn23)c(OC)n1. The second kappa shape index (κ2) is 7.11. The van der Waals surface area contributed by atoms with E-state index in [0.717, 1.165) is 34.6 Å². The molecule has 0 aliphatic rings. The first-order valence-corrected chi connectivity index (χ1v) is 8.65. The summed E-state index contributed by atoms with van der Waals surface area (Å²) in [7, 11) is 3.11. The molecule has 0 spiro atoms. The first-order chi connectivity index (χ1) is 13.2. The van der Waals surface area contributed by atoms with Crippen molar-refractivity contribution >= 4 is 5.52 Å². The summed E-state index contributed by atoms with van der Waals surface area (Å²) in [4.78, 5) is 13.1. The fourth-order valence-corrected chi connectivity index (χ4v) is 3.27. The lowest BCUT2D eigenvalue weighted by molar-refractivity contribution is 0.353. The maximum atomic E-state index is 5.48. The number of fused-ring (bicyclic) bond motifs is 1. The van der Waals surface area contributed by atoms with Gasteiger partial charge in [0.25, 0.3) is 0 Å². The summed E-state index contributed by atoms with van der Waals surface area (Å²) in [6.45, 7) is 2.15. The second-order valence-electron chi connectivity index (χ2n) is 6.25. The smallest absolute Gasteiger partial charge is 0.319 e. The fraction of sp³-hybridized carbons (Fsp3) is 0.250. The standard InChI is InChI=1S/C20H20N4O3/c1-13(11-14-5-4-10-27-14)18-17-7-6-16(24(17)9-8-21-18)15-12-22-20(26-3)23-19(15)25-2/h4-10,12-13H,11H2,1-3H3. The Hall–Kier alpha value is -3.35. The summed E-state index contributed by atoms with van der Waals surface area (Å²) in [6, 6.07) is 8.24. The van der Waals surface area contributed by atoms with Crippen LogP contribution in [-0.4, -0.2) is 33.6 Å². The Bertz CT molecular complexity index is 1060. The molecule has 0 aliphatic heterocycles. The van der Waals surface area contributed by atoms with E-state index >= 15 is 0 Å². The Morgan fingerprint density at radius 1 is 1.15 bits per heavy atom. The van der Waals surface area contributed by atoms with Crippen molar-refractivity contribution in [3.63, 3.8) is 0 Å². The van der Waals surface area contributed by atoms with Gasteiger partial charge in [0, 0.05) is 30.9 Å². The lowest BCUT2D eigenvalue weighted by Gasteiger charge is -2.13. The maximum absolute atomic E-state index is 5.48. The minimum Gasteiger partial charge on any atom is -0.480 e. The van der Waals surface area contributed by atoms with Crippen molar-refractivity contribution in [2.75, 3.05) is 14.2 Å². The molecule has 4 heterocycles. The van der Waals surface area contributed by atoms with E-state index in [4.69, 9.17) is 13.9 Å². The van der Waals surface area contributed by atoms with Gasteiger partial charge in [0.2, 0.25) is 5.88 Å². The monoisotopic (exact) mass is 364 g/mol. The van der Waals surface area contributed by atoms with Crippen LogP contribution in [0.15, 0.2) is 53.5 Å². The minimum absolute atomic E-state index is 0.205. The molecule has 0 bridgehead atoms. The highest BCUT2D eigenvalue weighted by Crippen LogP contribution is 2.32. The normalized spacial score (nSPS) is 12.3. The largest absolute Gasteiger partial charge is 0.480 e. The van der Waals surface area contributed by atoms with Gasteiger partial charge in [-0.3, -0.25) is 4.98 Å². The predicted octanol–water partition coefficient (Wildman–Crippen LogP) is 3.75. The number of hydrogen-bond acceptors (Lipinski definition) is 6. The topological polar surface area (TPSA) is 74.7 Å². The number of rotatable bonds is 6. The summed E-state index contributed by atoms with van der Waals surface area (Å²) in [6.07, 6.45) is 7.92. The number of hydrogen-bond donors (Lipinski definition) is 0. The van der Waals surface area contributed by atoms with Gasteiger partial charge in [-0.05, 0) is 24.3 Å². The first-order valence-electron chi connectivity index (χ1n) is 8.65. The molecule has 1 unspecified atom stereocenters. The number of nitrogens with zero attached hydrogens (tertiary/aromatic N) is 4. The van der Waals surface area contributed by atoms with Crippen LogP contribution in [0.25, 0.3) is 16.8 Å². The van der Waals surface area contributed by atoms with Gasteiger partial charge in [-0.25, -0.2) is 4.98 Å². The molecule has 0 aliphatic carbocycles. The molecular weight excluding hydrogens is 344 g/mol. The highest BCUT2D eigenvalue weighted by Gasteiger charge is 2.18. The van der Waals surface area contributed by atoms with Crippen molar-refractivity contribution in [3.05, 3.63) is 60.6 Å². The van der Waals surface area contributed by atoms with Crippen molar-refractivity contribution in [3.8, 4) is 23.1 Å². The molecule has 0 amide bonds. The molecule has 0 saturated heterocycles. The Kier molecular flexibility index (Phi) is 4.50. The maximum Gasteiger partial charge on any atom is 0.319 e. The summed E-state index contributed by atoms with van der Waals surface area (Å²) in [5.74, 6) is 1.61. The van der Waals surface area contributed by atoms with E-state index in [1.54, 1.807) is 25.8 Å². The third-order valence-corrected chi connectivity index (χ3v) is 4.55. The third-order valence-electron chi connectivity index (χ3n) is 4.55. The number of furan rings is 1. The van der Waals surface area contributed by atoms with Crippen LogP contribution in [-0.2, 0) is 6.42 Å². The van der Waals surface area contributed by atoms with E-state index < -0.39 is 0 Å². The zero-order chi connectivity index (χ0) is 18.8. The van der Waals surface area contributed by atoms with E-state index in [1.807, 2.05) is 24.4 Å². The van der Waals surface area contributed by atoms with Crippen LogP contribution in [0.5, 0.6) is 11.9 Å². The van der Waals surface area contributed by atoms with Crippen LogP contribution >= 0.6 is 0 Å². The van der Waals surface area contributed by atoms with Crippen LogP contribution in [0.4, 0.5) is 0 Å². The molecule has 4 aromatic heterocycles. The van der Waals surface area contributed by atoms with Crippen LogP contribution in [0.3, 0.4) is 0 Å². The number of aromatic nitrogens is 4. The van der Waals surface area contributed by atoms with Crippen molar-refractivity contribution < 1.29 is 13.9 Å². The van der Waals surface area contributed by atoms with Crippen molar-refractivity contribution in [1.29, 1.82) is 0 Å². The minimum atomic E-state index is 0.205. The Morgan fingerprint density at radius 2 is 2.04 bits per heavy atom. The van der Waals surface area contributed by atoms with E-state index in [1.165, 1.54) is 7.11 Å². The van der Waals surface area contributed by atoms with Gasteiger partial charge in [0.05, 0.1) is 43.0 Å². The molecule has 0 N–H and O–H groups in total. The summed E-state index contributed by atoms with van der Waals surface area (Å²) < 4.78 is 18.1. The number of methoxy groups -OCH3 is 2. The molecular formula is C20H20N4O3. The average Bonchev–Trinajstić information content (AvgIpc) is 3.36. The van der Waals surface area contributed by atoms with Crippen molar-refractivity contribution in [2.45, 2.75) is 19.3 Å². The van der Waals surface area contributed by atoms with Gasteiger partial charge in [-0.1, -0.05) is 6.92 Å². The molecule has 0 radical (unpaired) electrons. The van der Waals surface area contributed by atoms with E-state index in [9.17, 15) is 0 Å². The molecule has 27 heavy (non-hydrogen) atoms. The fourth-order valence-electron chi connectivity index (χ4n) is 3.27. The Labute approximate surface area is 156 Å². The molecule has 0 fully saturated rings. The molecule has 138 valence electrons. The highest BCUT2D eigenvalue weighted by atomic mass is 16.5. The van der Waals surface area contributed by atoms with Gasteiger partial charge in [0.1, 0.15) is 5.76 Å². The van der Waals surface area contributed by atoms with Gasteiger partial charge >= 0.3 is 6.01 Å². The molecule has 7 nitrogen and oxygen atoms in total. The quantitative estimate of drug-likeness (QED) is 0.519. The zero-order valence-corrected chi connectivity index (χ0v) is 15.4. The predicted molar refractivity (Wildman–Crippen MR) is 100 cm³/mol. The number of ether oxygens (including phenoxy) is 2. The van der Waals surface area contributed by atoms with Gasteiger partial charge in [-0.15, -0.1) is 0 Å². The molecule has 0 saturated carbocycles. The van der Waals surface area contributed by atoms with Crippen molar-refractivity contribution in [2.24, 2.45) is 0 Å². The summed E-state index contributed by atoms with van der Waals surface area (Å²) >= 11 is 0. The summed E-state index contributed by atoms with van der Waals surface area (Å²) in [5.41, 5.74) is 3.76. The van der Waals surface area contributed by atoms with Gasteiger partial charge < -0.3 is 18.3 Å². The molecule has 7 heteroatoms. The summed E-state index contributed by atoms with van der Waals surface area (Å²) in [5, 5.41) is 0. The van der Waals surface area contributed by atoms with Crippen molar-refractivity contribution in [1.82, 2.24) is 19.4 Å². The Morgan fingerprint density at radius 3 is 2.78 bits per heavy atom. The van der Waals surface area contributed by atoms with Gasteiger partial charge in [0.15, 0.2) is 0 Å². The molecule has 1 atom stereocenters. The lowest BCUT2D eigenvalue weighted by atomic mass is 10.0. The average molecular weight is 364 g/mol. The molecule has 4 rings (SSSR count). The van der Waals surface area contributed by atoms with Crippen LogP contribution < -0.4 is 9.47 Å². The highest BCUT2D eigenvalue weighted by molar-refractivity contribution is 5.71. The lowest BCUT2D eigenvalue weighted by Crippen LogP contribution is -2.04. The van der Waals surface area contributed by atoms with Crippen LogP contribution in [0, 0.1) is 0 Å². The molecule has 0 aromatic carbocycles. The Balaban J connectivity index is 1.77. The zero-order valence-electron chi connectivity index (χ0n) is 15.4. The van der Waals surface area contributed by atoms with Gasteiger partial charge in [-0.2, -0.15) is 4.98 Å². The third kappa shape index (κ3) is 3.12.